The first-order chi connectivity index (χ1) is 11.6. The molecule has 0 radical (unpaired) electrons. The van der Waals surface area contributed by atoms with E-state index in [0.717, 1.165) is 0 Å². The van der Waals surface area contributed by atoms with Crippen molar-refractivity contribution in [2.45, 2.75) is 49.7 Å². The summed E-state index contributed by atoms with van der Waals surface area (Å²) in [7, 11) is -7.28. The summed E-state index contributed by atoms with van der Waals surface area (Å²) < 4.78 is 58.9. The van der Waals surface area contributed by atoms with E-state index >= 15 is 0 Å². The van der Waals surface area contributed by atoms with Crippen LogP contribution in [0.5, 0.6) is 0 Å². The summed E-state index contributed by atoms with van der Waals surface area (Å²) in [5, 5.41) is 0. The minimum Gasteiger partial charge on any atom is -0.373 e. The number of hydrogen-bond donors (Lipinski definition) is 0. The molecule has 0 unspecified atom stereocenters. The first-order valence-corrected chi connectivity index (χ1v) is 11.3. The minimum absolute atomic E-state index is 0.0901. The smallest absolute Gasteiger partial charge is 0.243 e. The Kier molecular flexibility index (Phi) is 6.26. The van der Waals surface area contributed by atoms with Crippen LogP contribution in [-0.2, 0) is 24.8 Å². The number of hydrogen-bond acceptors (Lipinski definition) is 5. The van der Waals surface area contributed by atoms with Crippen LogP contribution in [0.15, 0.2) is 34.1 Å². The van der Waals surface area contributed by atoms with Gasteiger partial charge in [-0.3, -0.25) is 0 Å². The van der Waals surface area contributed by atoms with Crippen LogP contribution < -0.4 is 0 Å². The van der Waals surface area contributed by atoms with Crippen molar-refractivity contribution in [3.8, 4) is 0 Å². The average molecular weight is 391 g/mol. The van der Waals surface area contributed by atoms with Crippen LogP contribution >= 0.6 is 0 Å². The van der Waals surface area contributed by atoms with Gasteiger partial charge in [0.05, 0.1) is 22.0 Å². The van der Waals surface area contributed by atoms with Crippen LogP contribution in [0, 0.1) is 0 Å². The first-order valence-electron chi connectivity index (χ1n) is 8.38. The van der Waals surface area contributed by atoms with Crippen LogP contribution in [-0.4, -0.2) is 63.8 Å². The van der Waals surface area contributed by atoms with E-state index < -0.39 is 20.0 Å². The molecule has 7 nitrogen and oxygen atoms in total. The topological polar surface area (TPSA) is 84.0 Å². The number of benzene rings is 1. The number of rotatable bonds is 6. The van der Waals surface area contributed by atoms with Crippen molar-refractivity contribution >= 4 is 20.0 Å². The van der Waals surface area contributed by atoms with E-state index in [1.54, 1.807) is 13.8 Å². The Morgan fingerprint density at radius 3 is 1.84 bits per heavy atom. The summed E-state index contributed by atoms with van der Waals surface area (Å²) in [5.41, 5.74) is 0. The molecule has 1 aromatic rings. The van der Waals surface area contributed by atoms with Gasteiger partial charge in [0.2, 0.25) is 20.0 Å². The standard InChI is InChI=1S/C16H26N2O5S2/c1-5-17(6-2)24(19,20)15-7-9-16(10-8-15)25(21,22)18-11-13(3)23-14(4)12-18/h7-10,13-14H,5-6,11-12H2,1-4H3/t13-,14-/m1/s1. The maximum absolute atomic E-state index is 12.8. The molecule has 1 fully saturated rings. The lowest BCUT2D eigenvalue weighted by Gasteiger charge is -2.34. The molecule has 0 aliphatic carbocycles. The highest BCUT2D eigenvalue weighted by Crippen LogP contribution is 2.23. The molecule has 2 atom stereocenters. The highest BCUT2D eigenvalue weighted by Gasteiger charge is 2.32. The van der Waals surface area contributed by atoms with Crippen LogP contribution in [0.4, 0.5) is 0 Å². The fourth-order valence-electron chi connectivity index (χ4n) is 2.97. The molecule has 1 aliphatic heterocycles. The molecule has 1 heterocycles. The molecule has 0 spiro atoms. The monoisotopic (exact) mass is 390 g/mol. The van der Waals surface area contributed by atoms with Crippen LogP contribution in [0.2, 0.25) is 0 Å². The second-order valence-electron chi connectivity index (χ2n) is 6.14. The third-order valence-electron chi connectivity index (χ3n) is 4.19. The van der Waals surface area contributed by atoms with E-state index in [9.17, 15) is 16.8 Å². The lowest BCUT2D eigenvalue weighted by atomic mass is 10.3. The van der Waals surface area contributed by atoms with Gasteiger partial charge in [-0.2, -0.15) is 8.61 Å². The van der Waals surface area contributed by atoms with Gasteiger partial charge in [0.25, 0.3) is 0 Å². The van der Waals surface area contributed by atoms with Gasteiger partial charge in [-0.25, -0.2) is 16.8 Å². The minimum atomic E-state index is -3.68. The van der Waals surface area contributed by atoms with Gasteiger partial charge in [0, 0.05) is 26.2 Å². The van der Waals surface area contributed by atoms with Crippen LogP contribution in [0.3, 0.4) is 0 Å². The molecule has 1 aromatic carbocycles. The molecule has 0 aromatic heterocycles. The number of ether oxygens (including phenoxy) is 1. The average Bonchev–Trinajstić information content (AvgIpc) is 2.55. The van der Waals surface area contributed by atoms with E-state index in [1.807, 2.05) is 13.8 Å². The van der Waals surface area contributed by atoms with Gasteiger partial charge in [-0.15, -0.1) is 0 Å². The van der Waals surface area contributed by atoms with Gasteiger partial charge in [-0.1, -0.05) is 13.8 Å². The van der Waals surface area contributed by atoms with E-state index in [1.165, 1.54) is 32.9 Å². The molecular formula is C16H26N2O5S2. The molecule has 25 heavy (non-hydrogen) atoms. The molecule has 1 aliphatic rings. The summed E-state index contributed by atoms with van der Waals surface area (Å²) in [5.74, 6) is 0. The molecule has 0 amide bonds. The normalized spacial score (nSPS) is 23.1. The van der Waals surface area contributed by atoms with Crippen molar-refractivity contribution < 1.29 is 21.6 Å². The molecule has 0 N–H and O–H groups in total. The summed E-state index contributed by atoms with van der Waals surface area (Å²) >= 11 is 0. The Labute approximate surface area is 150 Å². The van der Waals surface area contributed by atoms with Crippen molar-refractivity contribution in [1.82, 2.24) is 8.61 Å². The maximum Gasteiger partial charge on any atom is 0.243 e. The van der Waals surface area contributed by atoms with Gasteiger partial charge in [0.15, 0.2) is 0 Å². The Balaban J connectivity index is 2.30. The van der Waals surface area contributed by atoms with Gasteiger partial charge < -0.3 is 4.74 Å². The van der Waals surface area contributed by atoms with Crippen molar-refractivity contribution in [3.05, 3.63) is 24.3 Å². The van der Waals surface area contributed by atoms with E-state index in [-0.39, 0.29) is 35.1 Å². The third kappa shape index (κ3) is 4.22. The second-order valence-corrected chi connectivity index (χ2v) is 10.0. The molecule has 0 bridgehead atoms. The quantitative estimate of drug-likeness (QED) is 0.735. The number of morpholine rings is 1. The second kappa shape index (κ2) is 7.71. The van der Waals surface area contributed by atoms with Crippen LogP contribution in [0.1, 0.15) is 27.7 Å². The Morgan fingerprint density at radius 2 is 1.40 bits per heavy atom. The Hall–Kier alpha value is -1.00. The summed E-state index contributed by atoms with van der Waals surface area (Å²) in [6.07, 6.45) is -0.360. The molecule has 0 saturated carbocycles. The Morgan fingerprint density at radius 1 is 0.960 bits per heavy atom. The number of nitrogens with zero attached hydrogens (tertiary/aromatic N) is 2. The molecular weight excluding hydrogens is 364 g/mol. The highest BCUT2D eigenvalue weighted by atomic mass is 32.2. The number of sulfonamides is 2. The summed E-state index contributed by atoms with van der Waals surface area (Å²) in [6.45, 7) is 8.49. The van der Waals surface area contributed by atoms with Crippen molar-refractivity contribution in [2.24, 2.45) is 0 Å². The predicted molar refractivity (Wildman–Crippen MR) is 95.3 cm³/mol. The zero-order valence-corrected chi connectivity index (χ0v) is 16.7. The fraction of sp³-hybridized carbons (Fsp3) is 0.625. The van der Waals surface area contributed by atoms with E-state index in [0.29, 0.717) is 13.1 Å². The van der Waals surface area contributed by atoms with E-state index in [4.69, 9.17) is 4.74 Å². The highest BCUT2D eigenvalue weighted by molar-refractivity contribution is 7.89. The molecule has 1 saturated heterocycles. The maximum atomic E-state index is 12.8. The summed E-state index contributed by atoms with van der Waals surface area (Å²) in [6, 6.07) is 5.43. The Bertz CT molecular complexity index is 776. The van der Waals surface area contributed by atoms with Crippen molar-refractivity contribution in [2.75, 3.05) is 26.2 Å². The van der Waals surface area contributed by atoms with Crippen molar-refractivity contribution in [3.63, 3.8) is 0 Å². The zero-order chi connectivity index (χ0) is 18.8. The van der Waals surface area contributed by atoms with Gasteiger partial charge in [-0.05, 0) is 38.1 Å². The molecule has 2 rings (SSSR count). The molecule has 142 valence electrons. The summed E-state index contributed by atoms with van der Waals surface area (Å²) in [4.78, 5) is 0.186. The lowest BCUT2D eigenvalue weighted by Crippen LogP contribution is -2.48. The molecule has 9 heteroatoms. The fourth-order valence-corrected chi connectivity index (χ4v) is 6.02. The lowest BCUT2D eigenvalue weighted by molar-refractivity contribution is -0.0440. The van der Waals surface area contributed by atoms with Gasteiger partial charge in [0.1, 0.15) is 0 Å². The predicted octanol–water partition coefficient (Wildman–Crippen LogP) is 1.51. The van der Waals surface area contributed by atoms with E-state index in [2.05, 4.69) is 0 Å². The third-order valence-corrected chi connectivity index (χ3v) is 8.10. The van der Waals surface area contributed by atoms with Gasteiger partial charge >= 0.3 is 0 Å². The van der Waals surface area contributed by atoms with Crippen LogP contribution in [0.25, 0.3) is 0 Å². The SMILES string of the molecule is CCN(CC)S(=O)(=O)c1ccc(S(=O)(=O)N2C[C@@H](C)O[C@H](C)C2)cc1. The van der Waals surface area contributed by atoms with Crippen molar-refractivity contribution in [1.29, 1.82) is 0 Å². The first kappa shape index (κ1) is 20.3. The zero-order valence-electron chi connectivity index (χ0n) is 15.0. The largest absolute Gasteiger partial charge is 0.373 e.